The second-order valence-corrected chi connectivity index (χ2v) is 7.23. The van der Waals surface area contributed by atoms with E-state index in [9.17, 15) is 5.11 Å². The third-order valence-electron chi connectivity index (χ3n) is 5.10. The van der Waals surface area contributed by atoms with Crippen molar-refractivity contribution >= 4 is 0 Å². The number of aliphatic hydroxyl groups is 1. The van der Waals surface area contributed by atoms with Crippen LogP contribution in [0.1, 0.15) is 58.8 Å². The fourth-order valence-corrected chi connectivity index (χ4v) is 4.16. The molecule has 1 aliphatic heterocycles. The predicted molar refractivity (Wildman–Crippen MR) is 82.9 cm³/mol. The van der Waals surface area contributed by atoms with Gasteiger partial charge < -0.3 is 14.7 Å². The van der Waals surface area contributed by atoms with Crippen LogP contribution in [0.3, 0.4) is 0 Å². The number of ether oxygens (including phenoxy) is 1. The van der Waals surface area contributed by atoms with Gasteiger partial charge in [0, 0.05) is 31.7 Å². The zero-order chi connectivity index (χ0) is 14.4. The molecule has 1 saturated carbocycles. The highest BCUT2D eigenvalue weighted by atomic mass is 16.5. The van der Waals surface area contributed by atoms with E-state index >= 15 is 0 Å². The Labute approximate surface area is 124 Å². The Kier molecular flexibility index (Phi) is 6.31. The lowest BCUT2D eigenvalue weighted by molar-refractivity contribution is -0.0315. The third kappa shape index (κ3) is 4.44. The van der Waals surface area contributed by atoms with Gasteiger partial charge in [0.25, 0.3) is 0 Å². The fraction of sp³-hybridized carbons (Fsp3) is 1.00. The SMILES string of the molecule is CCCOC1CCCN(CC2(CO)CCCC(C)C2)C1. The van der Waals surface area contributed by atoms with Gasteiger partial charge >= 0.3 is 0 Å². The molecule has 2 aliphatic rings. The van der Waals surface area contributed by atoms with E-state index in [1.165, 1.54) is 45.1 Å². The molecule has 1 aliphatic carbocycles. The van der Waals surface area contributed by atoms with Crippen LogP contribution in [0, 0.1) is 11.3 Å². The highest BCUT2D eigenvalue weighted by molar-refractivity contribution is 4.89. The number of piperidine rings is 1. The minimum Gasteiger partial charge on any atom is -0.396 e. The Morgan fingerprint density at radius 3 is 2.85 bits per heavy atom. The summed E-state index contributed by atoms with van der Waals surface area (Å²) in [5.41, 5.74) is 0.157. The average Bonchev–Trinajstić information content (AvgIpc) is 2.45. The summed E-state index contributed by atoms with van der Waals surface area (Å²) in [7, 11) is 0. The summed E-state index contributed by atoms with van der Waals surface area (Å²) >= 11 is 0. The van der Waals surface area contributed by atoms with Gasteiger partial charge in [-0.3, -0.25) is 0 Å². The first-order valence-electron chi connectivity index (χ1n) is 8.62. The minimum atomic E-state index is 0.157. The molecule has 2 fully saturated rings. The quantitative estimate of drug-likeness (QED) is 0.813. The Balaban J connectivity index is 1.86. The molecule has 118 valence electrons. The zero-order valence-corrected chi connectivity index (χ0v) is 13.4. The number of hydrogen-bond donors (Lipinski definition) is 1. The van der Waals surface area contributed by atoms with Crippen molar-refractivity contribution in [3.05, 3.63) is 0 Å². The average molecular weight is 283 g/mol. The molecule has 20 heavy (non-hydrogen) atoms. The van der Waals surface area contributed by atoms with E-state index < -0.39 is 0 Å². The van der Waals surface area contributed by atoms with E-state index in [4.69, 9.17) is 4.74 Å². The maximum atomic E-state index is 9.94. The molecule has 1 saturated heterocycles. The monoisotopic (exact) mass is 283 g/mol. The van der Waals surface area contributed by atoms with Gasteiger partial charge in [-0.15, -0.1) is 0 Å². The number of nitrogens with zero attached hydrogens (tertiary/aromatic N) is 1. The van der Waals surface area contributed by atoms with Gasteiger partial charge in [-0.05, 0) is 44.6 Å². The van der Waals surface area contributed by atoms with Gasteiger partial charge in [0.15, 0.2) is 0 Å². The summed E-state index contributed by atoms with van der Waals surface area (Å²) in [6, 6.07) is 0. The Morgan fingerprint density at radius 2 is 2.15 bits per heavy atom. The van der Waals surface area contributed by atoms with Crippen LogP contribution >= 0.6 is 0 Å². The number of aliphatic hydroxyl groups excluding tert-OH is 1. The molecular formula is C17H33NO2. The predicted octanol–water partition coefficient (Wildman–Crippen LogP) is 3.07. The van der Waals surface area contributed by atoms with Crippen molar-refractivity contribution in [3.8, 4) is 0 Å². The maximum Gasteiger partial charge on any atom is 0.0702 e. The fourth-order valence-electron chi connectivity index (χ4n) is 4.16. The third-order valence-corrected chi connectivity index (χ3v) is 5.10. The van der Waals surface area contributed by atoms with Crippen LogP contribution in [0.25, 0.3) is 0 Å². The van der Waals surface area contributed by atoms with Crippen molar-refractivity contribution in [2.45, 2.75) is 64.9 Å². The number of rotatable bonds is 6. The van der Waals surface area contributed by atoms with Crippen molar-refractivity contribution in [2.24, 2.45) is 11.3 Å². The lowest BCUT2D eigenvalue weighted by Crippen LogP contribution is -2.48. The van der Waals surface area contributed by atoms with Crippen LogP contribution in [0.4, 0.5) is 0 Å². The summed E-state index contributed by atoms with van der Waals surface area (Å²) in [5.74, 6) is 0.771. The highest BCUT2D eigenvalue weighted by Crippen LogP contribution is 2.40. The topological polar surface area (TPSA) is 32.7 Å². The molecule has 0 aromatic heterocycles. The zero-order valence-electron chi connectivity index (χ0n) is 13.4. The largest absolute Gasteiger partial charge is 0.396 e. The van der Waals surface area contributed by atoms with Crippen molar-refractivity contribution in [1.82, 2.24) is 4.90 Å². The molecule has 0 radical (unpaired) electrons. The van der Waals surface area contributed by atoms with E-state index in [0.29, 0.717) is 12.7 Å². The molecule has 3 atom stereocenters. The molecule has 0 spiro atoms. The lowest BCUT2D eigenvalue weighted by atomic mass is 9.70. The van der Waals surface area contributed by atoms with Crippen molar-refractivity contribution in [1.29, 1.82) is 0 Å². The van der Waals surface area contributed by atoms with Gasteiger partial charge in [-0.1, -0.05) is 26.7 Å². The van der Waals surface area contributed by atoms with E-state index in [0.717, 1.165) is 32.0 Å². The van der Waals surface area contributed by atoms with Crippen molar-refractivity contribution in [2.75, 3.05) is 32.8 Å². The summed E-state index contributed by atoms with van der Waals surface area (Å²) < 4.78 is 5.94. The molecule has 1 heterocycles. The molecule has 3 heteroatoms. The van der Waals surface area contributed by atoms with Gasteiger partial charge in [0.05, 0.1) is 6.10 Å². The van der Waals surface area contributed by atoms with Gasteiger partial charge in [-0.2, -0.15) is 0 Å². The smallest absolute Gasteiger partial charge is 0.0702 e. The lowest BCUT2D eigenvalue weighted by Gasteiger charge is -2.44. The molecule has 0 bridgehead atoms. The van der Waals surface area contributed by atoms with Crippen molar-refractivity contribution in [3.63, 3.8) is 0 Å². The maximum absolute atomic E-state index is 9.94. The van der Waals surface area contributed by atoms with E-state index in [1.807, 2.05) is 0 Å². The van der Waals surface area contributed by atoms with Crippen LogP contribution in [0.5, 0.6) is 0 Å². The second kappa shape index (κ2) is 7.77. The Hall–Kier alpha value is -0.120. The normalized spacial score (nSPS) is 36.1. The molecule has 0 aromatic rings. The van der Waals surface area contributed by atoms with Gasteiger partial charge in [-0.25, -0.2) is 0 Å². The molecule has 3 nitrogen and oxygen atoms in total. The molecule has 2 rings (SSSR count). The first-order chi connectivity index (χ1) is 9.67. The molecule has 1 N–H and O–H groups in total. The minimum absolute atomic E-state index is 0.157. The van der Waals surface area contributed by atoms with Gasteiger partial charge in [0.2, 0.25) is 0 Å². The second-order valence-electron chi connectivity index (χ2n) is 7.23. The molecule has 3 unspecified atom stereocenters. The van der Waals surface area contributed by atoms with Crippen LogP contribution < -0.4 is 0 Å². The van der Waals surface area contributed by atoms with Crippen LogP contribution in [0.2, 0.25) is 0 Å². The molecular weight excluding hydrogens is 250 g/mol. The van der Waals surface area contributed by atoms with Crippen molar-refractivity contribution < 1.29 is 9.84 Å². The Bertz CT molecular complexity index is 284. The highest BCUT2D eigenvalue weighted by Gasteiger charge is 2.37. The number of hydrogen-bond acceptors (Lipinski definition) is 3. The van der Waals surface area contributed by atoms with E-state index in [1.54, 1.807) is 0 Å². The number of likely N-dealkylation sites (tertiary alicyclic amines) is 1. The van der Waals surface area contributed by atoms with E-state index in [2.05, 4.69) is 18.7 Å². The Morgan fingerprint density at radius 1 is 1.30 bits per heavy atom. The summed E-state index contributed by atoms with van der Waals surface area (Å²) in [5, 5.41) is 9.94. The van der Waals surface area contributed by atoms with Crippen LogP contribution in [0.15, 0.2) is 0 Å². The first kappa shape index (κ1) is 16.3. The summed E-state index contributed by atoms with van der Waals surface area (Å²) in [6.07, 6.45) is 8.99. The molecule has 0 aromatic carbocycles. The van der Waals surface area contributed by atoms with Crippen LogP contribution in [-0.4, -0.2) is 49.0 Å². The van der Waals surface area contributed by atoms with Gasteiger partial charge in [0.1, 0.15) is 0 Å². The van der Waals surface area contributed by atoms with E-state index in [-0.39, 0.29) is 5.41 Å². The standard InChI is InChI=1S/C17H33NO2/c1-3-10-20-16-7-5-9-18(12-16)13-17(14-19)8-4-6-15(2)11-17/h15-16,19H,3-14H2,1-2H3. The van der Waals surface area contributed by atoms with Crippen LogP contribution in [-0.2, 0) is 4.74 Å². The first-order valence-corrected chi connectivity index (χ1v) is 8.62. The molecule has 0 amide bonds. The summed E-state index contributed by atoms with van der Waals surface area (Å²) in [4.78, 5) is 2.55. The summed E-state index contributed by atoms with van der Waals surface area (Å²) in [6.45, 7) is 9.07.